The zero-order valence-electron chi connectivity index (χ0n) is 10.4. The van der Waals surface area contributed by atoms with Crippen LogP contribution in [-0.4, -0.2) is 23.6 Å². The van der Waals surface area contributed by atoms with Gasteiger partial charge in [0.1, 0.15) is 0 Å². The van der Waals surface area contributed by atoms with Gasteiger partial charge in [-0.2, -0.15) is 0 Å². The lowest BCUT2D eigenvalue weighted by Gasteiger charge is -2.21. The highest BCUT2D eigenvalue weighted by Crippen LogP contribution is 2.35. The maximum absolute atomic E-state index is 11.8. The largest absolute Gasteiger partial charge is 0.352 e. The Balaban J connectivity index is 2.19. The van der Waals surface area contributed by atoms with Gasteiger partial charge in [0.25, 0.3) is 5.91 Å². The molecule has 4 nitrogen and oxygen atoms in total. The molecule has 2 N–H and O–H groups in total. The van der Waals surface area contributed by atoms with Crippen molar-refractivity contribution < 1.29 is 9.59 Å². The smallest absolute Gasteiger partial charge is 0.251 e. The molecule has 0 saturated carbocycles. The topological polar surface area (TPSA) is 58.2 Å². The molecule has 1 aromatic carbocycles. The monoisotopic (exact) mass is 264 g/mol. The van der Waals surface area contributed by atoms with E-state index in [4.69, 9.17) is 0 Å². The van der Waals surface area contributed by atoms with E-state index < -0.39 is 0 Å². The molecule has 1 aromatic rings. The fourth-order valence-electron chi connectivity index (χ4n) is 1.69. The van der Waals surface area contributed by atoms with Crippen LogP contribution in [0.25, 0.3) is 0 Å². The van der Waals surface area contributed by atoms with Gasteiger partial charge in [-0.3, -0.25) is 9.59 Å². The quantitative estimate of drug-likeness (QED) is 0.880. The highest BCUT2D eigenvalue weighted by molar-refractivity contribution is 8.00. The number of nitrogens with one attached hydrogen (secondary N) is 2. The summed E-state index contributed by atoms with van der Waals surface area (Å²) in [5, 5.41) is 5.55. The van der Waals surface area contributed by atoms with E-state index in [2.05, 4.69) is 10.6 Å². The first kappa shape index (κ1) is 13.0. The van der Waals surface area contributed by atoms with Crippen molar-refractivity contribution in [1.29, 1.82) is 0 Å². The van der Waals surface area contributed by atoms with Gasteiger partial charge in [0, 0.05) is 17.0 Å². The summed E-state index contributed by atoms with van der Waals surface area (Å²) < 4.78 is 0. The summed E-state index contributed by atoms with van der Waals surface area (Å²) in [6.07, 6.45) is 0.904. The van der Waals surface area contributed by atoms with E-state index >= 15 is 0 Å². The van der Waals surface area contributed by atoms with Crippen molar-refractivity contribution in [2.45, 2.75) is 30.4 Å². The van der Waals surface area contributed by atoms with Crippen LogP contribution >= 0.6 is 11.8 Å². The van der Waals surface area contributed by atoms with Crippen molar-refractivity contribution in [3.05, 3.63) is 23.8 Å². The number of benzene rings is 1. The molecule has 2 rings (SSSR count). The number of hydrogen-bond donors (Lipinski definition) is 2. The SMILES string of the molecule is CCCNC(=O)c1ccc2c(c1)NC(=O)C(C)S2. The van der Waals surface area contributed by atoms with Gasteiger partial charge in [0.2, 0.25) is 5.91 Å². The third-order valence-electron chi connectivity index (χ3n) is 2.71. The lowest BCUT2D eigenvalue weighted by molar-refractivity contribution is -0.115. The fourth-order valence-corrected chi connectivity index (χ4v) is 2.62. The van der Waals surface area contributed by atoms with E-state index in [9.17, 15) is 9.59 Å². The number of rotatable bonds is 3. The molecule has 5 heteroatoms. The number of amides is 2. The van der Waals surface area contributed by atoms with Crippen LogP contribution in [0, 0.1) is 0 Å². The molecule has 0 fully saturated rings. The molecule has 1 unspecified atom stereocenters. The lowest BCUT2D eigenvalue weighted by Crippen LogP contribution is -2.27. The van der Waals surface area contributed by atoms with Crippen LogP contribution in [0.2, 0.25) is 0 Å². The van der Waals surface area contributed by atoms with E-state index in [1.165, 1.54) is 11.8 Å². The van der Waals surface area contributed by atoms with Gasteiger partial charge in [-0.15, -0.1) is 11.8 Å². The first-order valence-corrected chi connectivity index (χ1v) is 6.89. The fraction of sp³-hybridized carbons (Fsp3) is 0.385. The highest BCUT2D eigenvalue weighted by Gasteiger charge is 2.23. The van der Waals surface area contributed by atoms with Gasteiger partial charge in [-0.05, 0) is 31.5 Å². The van der Waals surface area contributed by atoms with Crippen LogP contribution in [-0.2, 0) is 4.79 Å². The summed E-state index contributed by atoms with van der Waals surface area (Å²) in [7, 11) is 0. The summed E-state index contributed by atoms with van der Waals surface area (Å²) in [6.45, 7) is 4.53. The molecule has 0 aliphatic carbocycles. The molecular formula is C13H16N2O2S. The van der Waals surface area contributed by atoms with Crippen LogP contribution < -0.4 is 10.6 Å². The third kappa shape index (κ3) is 2.67. The zero-order valence-corrected chi connectivity index (χ0v) is 11.3. The standard InChI is InChI=1S/C13H16N2O2S/c1-3-6-14-13(17)9-4-5-11-10(7-9)15-12(16)8(2)18-11/h4-5,7-8H,3,6H2,1-2H3,(H,14,17)(H,15,16). The second kappa shape index (κ2) is 5.44. The van der Waals surface area contributed by atoms with Crippen LogP contribution in [0.15, 0.2) is 23.1 Å². The highest BCUT2D eigenvalue weighted by atomic mass is 32.2. The van der Waals surface area contributed by atoms with Crippen molar-refractivity contribution in [2.24, 2.45) is 0 Å². The molecule has 1 heterocycles. The zero-order chi connectivity index (χ0) is 13.1. The minimum absolute atomic E-state index is 0.0152. The van der Waals surface area contributed by atoms with Crippen molar-refractivity contribution in [2.75, 3.05) is 11.9 Å². The van der Waals surface area contributed by atoms with Gasteiger partial charge < -0.3 is 10.6 Å². The van der Waals surface area contributed by atoms with Gasteiger partial charge in [0.15, 0.2) is 0 Å². The second-order valence-corrected chi connectivity index (χ2v) is 5.60. The molecule has 0 radical (unpaired) electrons. The number of hydrogen-bond acceptors (Lipinski definition) is 3. The molecule has 1 aliphatic heterocycles. The molecule has 1 aliphatic rings. The van der Waals surface area contributed by atoms with E-state index in [1.807, 2.05) is 19.9 Å². The molecule has 2 amide bonds. The number of anilines is 1. The van der Waals surface area contributed by atoms with E-state index in [1.54, 1.807) is 12.1 Å². The Bertz CT molecular complexity index is 488. The van der Waals surface area contributed by atoms with Crippen molar-refractivity contribution in [3.63, 3.8) is 0 Å². The predicted molar refractivity (Wildman–Crippen MR) is 73.0 cm³/mol. The number of carbonyl (C=O) groups excluding carboxylic acids is 2. The van der Waals surface area contributed by atoms with Crippen LogP contribution in [0.3, 0.4) is 0 Å². The average Bonchev–Trinajstić information content (AvgIpc) is 2.36. The van der Waals surface area contributed by atoms with Crippen molar-refractivity contribution >= 4 is 29.3 Å². The minimum atomic E-state index is -0.0995. The summed E-state index contributed by atoms with van der Waals surface area (Å²) in [5.74, 6) is -0.115. The number of fused-ring (bicyclic) bond motifs is 1. The maximum Gasteiger partial charge on any atom is 0.251 e. The van der Waals surface area contributed by atoms with Crippen LogP contribution in [0.5, 0.6) is 0 Å². The van der Waals surface area contributed by atoms with E-state index in [-0.39, 0.29) is 17.1 Å². The molecule has 1 atom stereocenters. The van der Waals surface area contributed by atoms with Gasteiger partial charge in [-0.1, -0.05) is 6.92 Å². The molecule has 96 valence electrons. The molecule has 0 spiro atoms. The Morgan fingerprint density at radius 3 is 3.00 bits per heavy atom. The first-order valence-electron chi connectivity index (χ1n) is 6.01. The maximum atomic E-state index is 11.8. The number of thioether (sulfide) groups is 1. The second-order valence-electron chi connectivity index (χ2n) is 4.22. The summed E-state index contributed by atoms with van der Waals surface area (Å²) >= 11 is 1.51. The Hall–Kier alpha value is -1.49. The third-order valence-corrected chi connectivity index (χ3v) is 3.89. The minimum Gasteiger partial charge on any atom is -0.352 e. The van der Waals surface area contributed by atoms with Crippen molar-refractivity contribution in [1.82, 2.24) is 5.32 Å². The Kier molecular flexibility index (Phi) is 3.91. The van der Waals surface area contributed by atoms with Gasteiger partial charge in [-0.25, -0.2) is 0 Å². The Morgan fingerprint density at radius 1 is 1.50 bits per heavy atom. The molecule has 0 saturated heterocycles. The van der Waals surface area contributed by atoms with Crippen LogP contribution in [0.4, 0.5) is 5.69 Å². The summed E-state index contributed by atoms with van der Waals surface area (Å²) in [5.41, 5.74) is 1.31. The molecular weight excluding hydrogens is 248 g/mol. The lowest BCUT2D eigenvalue weighted by atomic mass is 10.1. The summed E-state index contributed by atoms with van der Waals surface area (Å²) in [4.78, 5) is 24.4. The molecule has 0 aromatic heterocycles. The first-order chi connectivity index (χ1) is 8.61. The summed E-state index contributed by atoms with van der Waals surface area (Å²) in [6, 6.07) is 5.41. The Morgan fingerprint density at radius 2 is 2.28 bits per heavy atom. The van der Waals surface area contributed by atoms with Crippen LogP contribution in [0.1, 0.15) is 30.6 Å². The normalized spacial score (nSPS) is 17.9. The van der Waals surface area contributed by atoms with Gasteiger partial charge >= 0.3 is 0 Å². The Labute approximate surface area is 111 Å². The molecule has 0 bridgehead atoms. The van der Waals surface area contributed by atoms with Gasteiger partial charge in [0.05, 0.1) is 10.9 Å². The van der Waals surface area contributed by atoms with Crippen molar-refractivity contribution in [3.8, 4) is 0 Å². The predicted octanol–water partition coefficient (Wildman–Crippen LogP) is 2.26. The van der Waals surface area contributed by atoms with E-state index in [0.29, 0.717) is 12.1 Å². The van der Waals surface area contributed by atoms with E-state index in [0.717, 1.165) is 17.0 Å². The average molecular weight is 264 g/mol. The molecule has 18 heavy (non-hydrogen) atoms. The number of carbonyl (C=O) groups is 2.